The van der Waals surface area contributed by atoms with Gasteiger partial charge in [-0.25, -0.2) is 0 Å². The number of benzene rings is 11. The van der Waals surface area contributed by atoms with Gasteiger partial charge in [0, 0.05) is 33.3 Å². The van der Waals surface area contributed by atoms with Crippen molar-refractivity contribution in [2.45, 2.75) is 0 Å². The van der Waals surface area contributed by atoms with E-state index < -0.39 is 0 Å². The molecule has 12 aromatic rings. The summed E-state index contributed by atoms with van der Waals surface area (Å²) in [6, 6.07) is 92.8. The predicted octanol–water partition coefficient (Wildman–Crippen LogP) is 17.2. The Kier molecular flexibility index (Phi) is 9.20. The molecule has 0 aliphatic heterocycles. The van der Waals surface area contributed by atoms with E-state index in [-0.39, 0.29) is 0 Å². The average molecular weight is 815 g/mol. The van der Waals surface area contributed by atoms with E-state index in [1.165, 1.54) is 76.7 Å². The minimum Gasteiger partial charge on any atom is -0.310 e. The third kappa shape index (κ3) is 6.52. The number of para-hydroxylation sites is 3. The Balaban J connectivity index is 1.06. The van der Waals surface area contributed by atoms with Crippen LogP contribution < -0.4 is 4.90 Å². The van der Waals surface area contributed by atoms with E-state index in [2.05, 4.69) is 264 Å². The molecule has 11 aromatic carbocycles. The normalized spacial score (nSPS) is 11.4. The Labute approximate surface area is 373 Å². The van der Waals surface area contributed by atoms with E-state index >= 15 is 0 Å². The largest absolute Gasteiger partial charge is 0.310 e. The zero-order valence-electron chi connectivity index (χ0n) is 35.1. The maximum absolute atomic E-state index is 2.45. The first-order valence-electron chi connectivity index (χ1n) is 22.0. The van der Waals surface area contributed by atoms with E-state index in [0.717, 1.165) is 33.9 Å². The van der Waals surface area contributed by atoms with Crippen LogP contribution in [0.2, 0.25) is 0 Å². The molecule has 0 N–H and O–H groups in total. The molecule has 2 nitrogen and oxygen atoms in total. The molecule has 0 saturated carbocycles. The molecule has 0 radical (unpaired) electrons. The lowest BCUT2D eigenvalue weighted by Crippen LogP contribution is -2.11. The van der Waals surface area contributed by atoms with E-state index in [0.29, 0.717) is 0 Å². The van der Waals surface area contributed by atoms with Crippen molar-refractivity contribution in [1.82, 2.24) is 4.57 Å². The van der Waals surface area contributed by atoms with Crippen molar-refractivity contribution in [3.8, 4) is 50.2 Å². The van der Waals surface area contributed by atoms with Gasteiger partial charge >= 0.3 is 0 Å². The number of nitrogens with zero attached hydrogens (tertiary/aromatic N) is 2. The SMILES string of the molecule is c1ccc(-c2ccc(-c3ccccc3N(c3ccc(-c4ccc5ccccc5c4)cc3)c3cccc(-c4cccc5ccccc45)c3)cc2-n2c3ccccc3c3ccccc32)cc1. The molecular formula is C62H42N2. The standard InChI is InChI=1S/C62H42N2/c1-2-17-46(18-3-1)56-39-36-50(42-62(56)64-60-30-12-9-26-57(60)58-27-10-13-31-61(58)64)55-25-8-11-29-59(55)63(51-37-34-44(35-38-51)48-33-32-43-16-4-5-20-47(43)40-48)52-23-14-22-49(41-52)54-28-15-21-45-19-6-7-24-53(45)54/h1-42H. The summed E-state index contributed by atoms with van der Waals surface area (Å²) < 4.78 is 2.45. The molecule has 0 fully saturated rings. The fourth-order valence-electron chi connectivity index (χ4n) is 9.73. The van der Waals surface area contributed by atoms with Gasteiger partial charge < -0.3 is 9.47 Å². The highest BCUT2D eigenvalue weighted by Gasteiger charge is 2.21. The van der Waals surface area contributed by atoms with E-state index in [1.807, 2.05) is 0 Å². The van der Waals surface area contributed by atoms with Gasteiger partial charge in [-0.3, -0.25) is 0 Å². The molecule has 12 rings (SSSR count). The van der Waals surface area contributed by atoms with Crippen LogP contribution in [0.5, 0.6) is 0 Å². The summed E-state index contributed by atoms with van der Waals surface area (Å²) in [4.78, 5) is 2.43. The zero-order valence-corrected chi connectivity index (χ0v) is 35.1. The Morgan fingerprint density at radius 2 is 0.828 bits per heavy atom. The van der Waals surface area contributed by atoms with Crippen LogP contribution in [-0.2, 0) is 0 Å². The Morgan fingerprint density at radius 1 is 0.266 bits per heavy atom. The molecule has 300 valence electrons. The number of rotatable bonds is 8. The van der Waals surface area contributed by atoms with Crippen LogP contribution in [0.4, 0.5) is 17.1 Å². The summed E-state index contributed by atoms with van der Waals surface area (Å²) in [5, 5.41) is 7.44. The highest BCUT2D eigenvalue weighted by atomic mass is 15.1. The Bertz CT molecular complexity index is 3610. The van der Waals surface area contributed by atoms with Gasteiger partial charge in [0.15, 0.2) is 0 Å². The lowest BCUT2D eigenvalue weighted by molar-refractivity contribution is 1.18. The third-order valence-corrected chi connectivity index (χ3v) is 12.8. The molecule has 0 bridgehead atoms. The van der Waals surface area contributed by atoms with Crippen molar-refractivity contribution >= 4 is 60.4 Å². The minimum atomic E-state index is 1.08. The third-order valence-electron chi connectivity index (χ3n) is 12.8. The minimum absolute atomic E-state index is 1.08. The van der Waals surface area contributed by atoms with Crippen LogP contribution in [-0.4, -0.2) is 4.57 Å². The lowest BCUT2D eigenvalue weighted by Gasteiger charge is -2.29. The van der Waals surface area contributed by atoms with Crippen molar-refractivity contribution in [3.05, 3.63) is 255 Å². The van der Waals surface area contributed by atoms with Gasteiger partial charge in [-0.1, -0.05) is 200 Å². The summed E-state index contributed by atoms with van der Waals surface area (Å²) in [6.07, 6.45) is 0. The predicted molar refractivity (Wildman–Crippen MR) is 272 cm³/mol. The van der Waals surface area contributed by atoms with E-state index in [9.17, 15) is 0 Å². The highest BCUT2D eigenvalue weighted by molar-refractivity contribution is 6.10. The van der Waals surface area contributed by atoms with Crippen molar-refractivity contribution < 1.29 is 0 Å². The first-order chi connectivity index (χ1) is 31.7. The van der Waals surface area contributed by atoms with Crippen molar-refractivity contribution in [2.75, 3.05) is 4.90 Å². The van der Waals surface area contributed by atoms with Crippen LogP contribution in [0.1, 0.15) is 0 Å². The van der Waals surface area contributed by atoms with Gasteiger partial charge in [-0.15, -0.1) is 0 Å². The highest BCUT2D eigenvalue weighted by Crippen LogP contribution is 2.45. The summed E-state index contributed by atoms with van der Waals surface area (Å²) in [5.41, 5.74) is 16.2. The number of fused-ring (bicyclic) bond motifs is 5. The molecule has 2 heteroatoms. The van der Waals surface area contributed by atoms with Crippen LogP contribution in [0.3, 0.4) is 0 Å². The second-order valence-electron chi connectivity index (χ2n) is 16.5. The van der Waals surface area contributed by atoms with E-state index in [4.69, 9.17) is 0 Å². The van der Waals surface area contributed by atoms with Gasteiger partial charge in [0.2, 0.25) is 0 Å². The molecule has 0 unspecified atom stereocenters. The summed E-state index contributed by atoms with van der Waals surface area (Å²) >= 11 is 0. The second kappa shape index (κ2) is 15.8. The molecule has 0 aliphatic carbocycles. The van der Waals surface area contributed by atoms with Crippen molar-refractivity contribution in [3.63, 3.8) is 0 Å². The molecule has 0 aliphatic rings. The molecule has 1 aromatic heterocycles. The summed E-state index contributed by atoms with van der Waals surface area (Å²) in [5.74, 6) is 0. The zero-order chi connectivity index (χ0) is 42.4. The molecule has 64 heavy (non-hydrogen) atoms. The molecular weight excluding hydrogens is 773 g/mol. The van der Waals surface area contributed by atoms with Gasteiger partial charge in [-0.05, 0) is 110 Å². The van der Waals surface area contributed by atoms with E-state index in [1.54, 1.807) is 0 Å². The molecule has 0 amide bonds. The second-order valence-corrected chi connectivity index (χ2v) is 16.5. The average Bonchev–Trinajstić information content (AvgIpc) is 3.71. The van der Waals surface area contributed by atoms with Crippen LogP contribution in [0.25, 0.3) is 93.5 Å². The van der Waals surface area contributed by atoms with Crippen molar-refractivity contribution in [1.29, 1.82) is 0 Å². The molecule has 0 atom stereocenters. The Morgan fingerprint density at radius 3 is 1.62 bits per heavy atom. The monoisotopic (exact) mass is 814 g/mol. The summed E-state index contributed by atoms with van der Waals surface area (Å²) in [7, 11) is 0. The Hall–Kier alpha value is -8.46. The van der Waals surface area contributed by atoms with Crippen molar-refractivity contribution in [2.24, 2.45) is 0 Å². The number of aromatic nitrogens is 1. The lowest BCUT2D eigenvalue weighted by atomic mass is 9.95. The van der Waals surface area contributed by atoms with Gasteiger partial charge in [-0.2, -0.15) is 0 Å². The quantitative estimate of drug-likeness (QED) is 0.148. The van der Waals surface area contributed by atoms with Gasteiger partial charge in [0.05, 0.1) is 22.4 Å². The number of hydrogen-bond donors (Lipinski definition) is 0. The molecule has 1 heterocycles. The first kappa shape index (κ1) is 37.3. The number of anilines is 3. The van der Waals surface area contributed by atoms with Crippen LogP contribution in [0.15, 0.2) is 255 Å². The fourth-order valence-corrected chi connectivity index (χ4v) is 9.73. The topological polar surface area (TPSA) is 8.17 Å². The molecule has 0 saturated heterocycles. The van der Waals surface area contributed by atoms with Gasteiger partial charge in [0.25, 0.3) is 0 Å². The molecule has 0 spiro atoms. The number of hydrogen-bond acceptors (Lipinski definition) is 1. The fraction of sp³-hybridized carbons (Fsp3) is 0. The maximum atomic E-state index is 2.45. The smallest absolute Gasteiger partial charge is 0.0546 e. The van der Waals surface area contributed by atoms with Crippen LogP contribution >= 0.6 is 0 Å². The summed E-state index contributed by atoms with van der Waals surface area (Å²) in [6.45, 7) is 0. The first-order valence-corrected chi connectivity index (χ1v) is 22.0. The van der Waals surface area contributed by atoms with Crippen LogP contribution in [0, 0.1) is 0 Å². The maximum Gasteiger partial charge on any atom is 0.0546 e. The van der Waals surface area contributed by atoms with Gasteiger partial charge in [0.1, 0.15) is 0 Å².